The number of carbonyl (C=O) groups excluding carboxylic acids is 2. The van der Waals surface area contributed by atoms with Crippen LogP contribution in [0, 0.1) is 24.7 Å². The molecule has 2 aromatic rings. The molecule has 7 nitrogen and oxygen atoms in total. The highest BCUT2D eigenvalue weighted by atomic mass is 32.2. The van der Waals surface area contributed by atoms with Gasteiger partial charge in [-0.05, 0) is 118 Å². The van der Waals surface area contributed by atoms with E-state index >= 15 is 0 Å². The SMILES string of the molecule is CC[C@@H](C)NC(=O)[C@H](C)N(Cc1ccccc1C)C(=O)CN(c1ccc(C23CC4CC(CC(C4)C2)C3)cc1)S(C)(=O)=O. The smallest absolute Gasteiger partial charge is 0.244 e. The van der Waals surface area contributed by atoms with E-state index in [9.17, 15) is 18.0 Å². The molecule has 4 fully saturated rings. The second kappa shape index (κ2) is 12.0. The highest BCUT2D eigenvalue weighted by Crippen LogP contribution is 2.60. The maximum Gasteiger partial charge on any atom is 0.244 e. The summed E-state index contributed by atoms with van der Waals surface area (Å²) < 4.78 is 27.3. The Hall–Kier alpha value is -2.87. The van der Waals surface area contributed by atoms with Gasteiger partial charge in [0.1, 0.15) is 12.6 Å². The van der Waals surface area contributed by atoms with Crippen molar-refractivity contribution in [2.45, 2.75) is 96.7 Å². The van der Waals surface area contributed by atoms with E-state index in [2.05, 4.69) is 17.4 Å². The number of hydrogen-bond acceptors (Lipinski definition) is 4. The van der Waals surface area contributed by atoms with Gasteiger partial charge in [-0.2, -0.15) is 0 Å². The molecule has 0 radical (unpaired) electrons. The second-order valence-electron chi connectivity index (χ2n) is 13.5. The number of hydrogen-bond donors (Lipinski definition) is 1. The molecule has 2 amide bonds. The summed E-state index contributed by atoms with van der Waals surface area (Å²) in [5.41, 5.74) is 3.92. The summed E-state index contributed by atoms with van der Waals surface area (Å²) in [6.45, 7) is 7.43. The van der Waals surface area contributed by atoms with Crippen LogP contribution in [-0.4, -0.2) is 50.0 Å². The van der Waals surface area contributed by atoms with Crippen LogP contribution in [0.5, 0.6) is 0 Å². The minimum Gasteiger partial charge on any atom is -0.352 e. The van der Waals surface area contributed by atoms with Crippen molar-refractivity contribution in [3.63, 3.8) is 0 Å². The van der Waals surface area contributed by atoms with E-state index < -0.39 is 22.0 Å². The summed E-state index contributed by atoms with van der Waals surface area (Å²) in [7, 11) is -3.77. The number of sulfonamides is 1. The molecule has 8 heteroatoms. The van der Waals surface area contributed by atoms with Gasteiger partial charge in [0.25, 0.3) is 0 Å². The van der Waals surface area contributed by atoms with Crippen LogP contribution in [0.2, 0.25) is 0 Å². The first kappa shape index (κ1) is 30.6. The van der Waals surface area contributed by atoms with Gasteiger partial charge in [0, 0.05) is 12.6 Å². The number of nitrogens with zero attached hydrogens (tertiary/aromatic N) is 2. The zero-order chi connectivity index (χ0) is 30.2. The van der Waals surface area contributed by atoms with Crippen molar-refractivity contribution < 1.29 is 18.0 Å². The van der Waals surface area contributed by atoms with Gasteiger partial charge in [-0.3, -0.25) is 13.9 Å². The van der Waals surface area contributed by atoms with Crippen molar-refractivity contribution in [3.05, 3.63) is 65.2 Å². The lowest BCUT2D eigenvalue weighted by Gasteiger charge is -2.57. The summed E-state index contributed by atoms with van der Waals surface area (Å²) in [5.74, 6) is 1.79. The molecule has 0 saturated heterocycles. The number of anilines is 1. The van der Waals surface area contributed by atoms with E-state index in [1.165, 1.54) is 53.3 Å². The van der Waals surface area contributed by atoms with E-state index in [-0.39, 0.29) is 30.5 Å². The van der Waals surface area contributed by atoms with Crippen LogP contribution < -0.4 is 9.62 Å². The van der Waals surface area contributed by atoms with Gasteiger partial charge in [0.2, 0.25) is 21.8 Å². The molecule has 228 valence electrons. The Bertz CT molecular complexity index is 1370. The fraction of sp³-hybridized carbons (Fsp3) is 0.588. The molecule has 0 spiro atoms. The average Bonchev–Trinajstić information content (AvgIpc) is 2.93. The predicted octanol–water partition coefficient (Wildman–Crippen LogP) is 5.56. The van der Waals surface area contributed by atoms with Crippen LogP contribution in [0.1, 0.15) is 82.4 Å². The van der Waals surface area contributed by atoms with Crippen LogP contribution >= 0.6 is 0 Å². The summed E-state index contributed by atoms with van der Waals surface area (Å²) in [5, 5.41) is 2.98. The van der Waals surface area contributed by atoms with Crippen LogP contribution in [0.25, 0.3) is 0 Å². The van der Waals surface area contributed by atoms with Gasteiger partial charge in [-0.1, -0.05) is 43.3 Å². The fourth-order valence-corrected chi connectivity index (χ4v) is 8.93. The zero-order valence-electron chi connectivity index (χ0n) is 25.8. The minimum atomic E-state index is -3.77. The zero-order valence-corrected chi connectivity index (χ0v) is 26.6. The largest absolute Gasteiger partial charge is 0.352 e. The Morgan fingerprint density at radius 3 is 2.05 bits per heavy atom. The Kier molecular flexibility index (Phi) is 8.75. The molecule has 0 aromatic heterocycles. The maximum atomic E-state index is 13.9. The number of rotatable bonds is 11. The van der Waals surface area contributed by atoms with Crippen molar-refractivity contribution in [2.24, 2.45) is 17.8 Å². The standard InChI is InChI=1S/C34H47N3O4S/c1-6-24(3)35-33(39)25(4)36(21-29-10-8-7-9-23(29)2)32(38)22-37(42(5,40)41)31-13-11-30(12-14-31)34-18-26-15-27(19-34)17-28(16-26)20-34/h7-14,24-28H,6,15-22H2,1-5H3,(H,35,39)/t24-,25+,26?,27?,28?,34?/m1/s1. The first-order valence-electron chi connectivity index (χ1n) is 15.6. The molecular formula is C34H47N3O4S. The Morgan fingerprint density at radius 2 is 1.52 bits per heavy atom. The topological polar surface area (TPSA) is 86.8 Å². The minimum absolute atomic E-state index is 0.0321. The molecule has 0 unspecified atom stereocenters. The molecule has 4 bridgehead atoms. The molecular weight excluding hydrogens is 546 g/mol. The van der Waals surface area contributed by atoms with Crippen LogP contribution in [-0.2, 0) is 31.6 Å². The normalized spacial score (nSPS) is 26.0. The van der Waals surface area contributed by atoms with E-state index in [0.717, 1.165) is 41.6 Å². The molecule has 0 heterocycles. The summed E-state index contributed by atoms with van der Waals surface area (Å²) in [6.07, 6.45) is 9.71. The lowest BCUT2D eigenvalue weighted by molar-refractivity contribution is -0.139. The monoisotopic (exact) mass is 593 g/mol. The number of amides is 2. The van der Waals surface area contributed by atoms with E-state index in [0.29, 0.717) is 5.69 Å². The summed E-state index contributed by atoms with van der Waals surface area (Å²) in [4.78, 5) is 28.6. The van der Waals surface area contributed by atoms with Gasteiger partial charge < -0.3 is 10.2 Å². The predicted molar refractivity (Wildman–Crippen MR) is 168 cm³/mol. The lowest BCUT2D eigenvalue weighted by Crippen LogP contribution is -2.52. The van der Waals surface area contributed by atoms with E-state index in [1.807, 2.05) is 57.2 Å². The van der Waals surface area contributed by atoms with E-state index in [4.69, 9.17) is 0 Å². The molecule has 1 N–H and O–H groups in total. The second-order valence-corrected chi connectivity index (χ2v) is 15.4. The molecule has 4 saturated carbocycles. The van der Waals surface area contributed by atoms with E-state index in [1.54, 1.807) is 6.92 Å². The van der Waals surface area contributed by atoms with Gasteiger partial charge >= 0.3 is 0 Å². The highest BCUT2D eigenvalue weighted by molar-refractivity contribution is 7.92. The maximum absolute atomic E-state index is 13.9. The average molecular weight is 594 g/mol. The van der Waals surface area contributed by atoms with Gasteiger partial charge in [-0.25, -0.2) is 8.42 Å². The van der Waals surface area contributed by atoms with Crippen LogP contribution in [0.3, 0.4) is 0 Å². The third kappa shape index (κ3) is 6.38. The van der Waals surface area contributed by atoms with Crippen molar-refractivity contribution >= 4 is 27.5 Å². The quantitative estimate of drug-likeness (QED) is 0.370. The van der Waals surface area contributed by atoms with Crippen molar-refractivity contribution in [1.82, 2.24) is 10.2 Å². The third-order valence-corrected chi connectivity index (χ3v) is 11.4. The van der Waals surface area contributed by atoms with Gasteiger partial charge in [-0.15, -0.1) is 0 Å². The van der Waals surface area contributed by atoms with Gasteiger partial charge in [0.15, 0.2) is 0 Å². The summed E-state index contributed by atoms with van der Waals surface area (Å²) in [6, 6.07) is 14.9. The highest BCUT2D eigenvalue weighted by Gasteiger charge is 2.51. The Balaban J connectivity index is 1.39. The third-order valence-electron chi connectivity index (χ3n) is 10.3. The molecule has 0 aliphatic heterocycles. The number of nitrogens with one attached hydrogen (secondary N) is 1. The van der Waals surface area contributed by atoms with Crippen molar-refractivity contribution in [3.8, 4) is 0 Å². The molecule has 6 rings (SSSR count). The molecule has 4 aliphatic carbocycles. The Morgan fingerprint density at radius 1 is 0.952 bits per heavy atom. The first-order valence-corrected chi connectivity index (χ1v) is 17.5. The molecule has 2 atom stereocenters. The number of carbonyl (C=O) groups is 2. The summed E-state index contributed by atoms with van der Waals surface area (Å²) >= 11 is 0. The Labute approximate surface area is 252 Å². The lowest BCUT2D eigenvalue weighted by atomic mass is 9.48. The van der Waals surface area contributed by atoms with Crippen molar-refractivity contribution in [1.29, 1.82) is 0 Å². The number of benzene rings is 2. The fourth-order valence-electron chi connectivity index (χ4n) is 8.08. The van der Waals surface area contributed by atoms with Crippen LogP contribution in [0.15, 0.2) is 48.5 Å². The molecule has 42 heavy (non-hydrogen) atoms. The molecule has 4 aliphatic rings. The molecule has 2 aromatic carbocycles. The van der Waals surface area contributed by atoms with Crippen LogP contribution in [0.4, 0.5) is 5.69 Å². The van der Waals surface area contributed by atoms with Gasteiger partial charge in [0.05, 0.1) is 11.9 Å². The van der Waals surface area contributed by atoms with Crippen molar-refractivity contribution in [2.75, 3.05) is 17.1 Å². The first-order chi connectivity index (χ1) is 19.9. The number of aryl methyl sites for hydroxylation is 1.